The van der Waals surface area contributed by atoms with E-state index in [1.54, 1.807) is 0 Å². The molecule has 4 nitrogen and oxygen atoms in total. The molecule has 0 N–H and O–H groups in total. The second-order valence-corrected chi connectivity index (χ2v) is 3.43. The van der Waals surface area contributed by atoms with Crippen LogP contribution in [0.25, 0.3) is 0 Å². The molecule has 13 heavy (non-hydrogen) atoms. The first kappa shape index (κ1) is 9.96. The number of halogens is 1. The van der Waals surface area contributed by atoms with Crippen molar-refractivity contribution in [3.8, 4) is 0 Å². The molecule has 1 aromatic heterocycles. The van der Waals surface area contributed by atoms with Crippen molar-refractivity contribution in [1.29, 1.82) is 0 Å². The average molecular weight is 201 g/mol. The van der Waals surface area contributed by atoms with Gasteiger partial charge in [0.05, 0.1) is 0 Å². The van der Waals surface area contributed by atoms with Crippen LogP contribution in [0.2, 0.25) is 5.02 Å². The number of nitrogens with zero attached hydrogens (tertiary/aromatic N) is 2. The molecule has 0 aliphatic heterocycles. The molecule has 5 heteroatoms. The molecule has 1 heterocycles. The minimum absolute atomic E-state index is 0.0346. The Balaban J connectivity index is 2.92. The van der Waals surface area contributed by atoms with Gasteiger partial charge >= 0.3 is 0 Å². The summed E-state index contributed by atoms with van der Waals surface area (Å²) in [7, 11) is 0. The molecule has 1 aromatic rings. The molecule has 0 saturated heterocycles. The molecule has 0 bridgehead atoms. The van der Waals surface area contributed by atoms with Crippen molar-refractivity contribution < 1.29 is 9.32 Å². The fourth-order valence-electron chi connectivity index (χ4n) is 0.926. The van der Waals surface area contributed by atoms with E-state index in [0.29, 0.717) is 23.1 Å². The van der Waals surface area contributed by atoms with Crippen LogP contribution in [0, 0.1) is 5.92 Å². The molecule has 0 amide bonds. The van der Waals surface area contributed by atoms with E-state index in [1.807, 2.05) is 13.8 Å². The normalized spacial score (nSPS) is 10.2. The van der Waals surface area contributed by atoms with Gasteiger partial charge in [-0.3, -0.25) is 0 Å². The lowest BCUT2D eigenvalue weighted by Crippen LogP contribution is -1.94. The molecule has 0 aromatic carbocycles. The average Bonchev–Trinajstić information content (AvgIpc) is 2.36. The van der Waals surface area contributed by atoms with Gasteiger partial charge in [0.1, 0.15) is 10.7 Å². The monoisotopic (exact) mass is 200 g/mol. The van der Waals surface area contributed by atoms with E-state index in [4.69, 9.17) is 16.1 Å². The number of aliphatic imine (C=N–C) groups is 1. The maximum Gasteiger partial charge on any atom is 0.280 e. The zero-order valence-electron chi connectivity index (χ0n) is 7.37. The summed E-state index contributed by atoms with van der Waals surface area (Å²) in [5, 5.41) is 4.00. The summed E-state index contributed by atoms with van der Waals surface area (Å²) in [6, 6.07) is 0. The molecule has 0 saturated carbocycles. The topological polar surface area (TPSA) is 55.5 Å². The van der Waals surface area contributed by atoms with Crippen molar-refractivity contribution in [2.45, 2.75) is 20.3 Å². The maximum absolute atomic E-state index is 9.92. The van der Waals surface area contributed by atoms with E-state index in [9.17, 15) is 4.79 Å². The van der Waals surface area contributed by atoms with Crippen molar-refractivity contribution in [3.63, 3.8) is 0 Å². The summed E-state index contributed by atoms with van der Waals surface area (Å²) in [6.07, 6.45) is 2.05. The van der Waals surface area contributed by atoms with Gasteiger partial charge in [-0.1, -0.05) is 30.6 Å². The second kappa shape index (κ2) is 4.21. The molecule has 0 unspecified atom stereocenters. The minimum atomic E-state index is 0.0346. The van der Waals surface area contributed by atoms with Crippen LogP contribution < -0.4 is 0 Å². The second-order valence-electron chi connectivity index (χ2n) is 3.05. The van der Waals surface area contributed by atoms with Crippen molar-refractivity contribution in [1.82, 2.24) is 5.16 Å². The lowest BCUT2D eigenvalue weighted by atomic mass is 10.1. The third kappa shape index (κ3) is 2.41. The number of aromatic nitrogens is 1. The van der Waals surface area contributed by atoms with E-state index in [-0.39, 0.29) is 5.88 Å². The van der Waals surface area contributed by atoms with Crippen molar-refractivity contribution in [2.75, 3.05) is 0 Å². The fraction of sp³-hybridized carbons (Fsp3) is 0.500. The van der Waals surface area contributed by atoms with Crippen LogP contribution in [0.3, 0.4) is 0 Å². The minimum Gasteiger partial charge on any atom is -0.334 e. The van der Waals surface area contributed by atoms with Crippen LogP contribution in [0.5, 0.6) is 0 Å². The Hall–Kier alpha value is -1.12. The number of carbonyl (C=O) groups excluding carboxylic acids is 1. The van der Waals surface area contributed by atoms with E-state index >= 15 is 0 Å². The lowest BCUT2D eigenvalue weighted by molar-refractivity contribution is 0.416. The third-order valence-corrected chi connectivity index (χ3v) is 1.81. The molecule has 1 rings (SSSR count). The molecule has 0 spiro atoms. The Morgan fingerprint density at radius 3 is 2.92 bits per heavy atom. The third-order valence-electron chi connectivity index (χ3n) is 1.43. The van der Waals surface area contributed by atoms with Gasteiger partial charge in [-0.25, -0.2) is 4.79 Å². The number of rotatable bonds is 3. The predicted molar refractivity (Wildman–Crippen MR) is 47.8 cm³/mol. The highest BCUT2D eigenvalue weighted by atomic mass is 35.5. The number of hydrogen-bond acceptors (Lipinski definition) is 4. The highest BCUT2D eigenvalue weighted by molar-refractivity contribution is 6.33. The van der Waals surface area contributed by atoms with Crippen LogP contribution in [0.15, 0.2) is 9.52 Å². The van der Waals surface area contributed by atoms with Gasteiger partial charge in [-0.2, -0.15) is 0 Å². The van der Waals surface area contributed by atoms with Crippen LogP contribution in [0.4, 0.5) is 5.88 Å². The first-order chi connectivity index (χ1) is 6.15. The molecular weight excluding hydrogens is 192 g/mol. The van der Waals surface area contributed by atoms with Gasteiger partial charge < -0.3 is 4.52 Å². The SMILES string of the molecule is CC(C)Cc1noc(N=C=O)c1Cl. The zero-order valence-corrected chi connectivity index (χ0v) is 8.13. The summed E-state index contributed by atoms with van der Waals surface area (Å²) in [4.78, 5) is 13.2. The quantitative estimate of drug-likeness (QED) is 0.557. The van der Waals surface area contributed by atoms with Gasteiger partial charge in [0.15, 0.2) is 0 Å². The van der Waals surface area contributed by atoms with E-state index in [0.717, 1.165) is 0 Å². The van der Waals surface area contributed by atoms with Gasteiger partial charge in [-0.05, 0) is 12.3 Å². The summed E-state index contributed by atoms with van der Waals surface area (Å²) >= 11 is 5.82. The Morgan fingerprint density at radius 2 is 2.38 bits per heavy atom. The molecule has 0 fully saturated rings. The van der Waals surface area contributed by atoms with Gasteiger partial charge in [0.2, 0.25) is 6.08 Å². The number of isocyanates is 1. The highest BCUT2D eigenvalue weighted by Gasteiger charge is 2.14. The van der Waals surface area contributed by atoms with Crippen molar-refractivity contribution >= 4 is 23.6 Å². The maximum atomic E-state index is 9.92. The van der Waals surface area contributed by atoms with Crippen molar-refractivity contribution in [3.05, 3.63) is 10.7 Å². The van der Waals surface area contributed by atoms with Crippen LogP contribution >= 0.6 is 11.6 Å². The standard InChI is InChI=1S/C8H9ClN2O2/c1-5(2)3-6-7(9)8(10-4-12)13-11-6/h5H,3H2,1-2H3. The predicted octanol–water partition coefficient (Wildman–Crippen LogP) is 2.49. The van der Waals surface area contributed by atoms with E-state index in [1.165, 1.54) is 6.08 Å². The van der Waals surface area contributed by atoms with Crippen molar-refractivity contribution in [2.24, 2.45) is 10.9 Å². The fourth-order valence-corrected chi connectivity index (χ4v) is 1.11. The van der Waals surface area contributed by atoms with Gasteiger partial charge in [0, 0.05) is 0 Å². The number of hydrogen-bond donors (Lipinski definition) is 0. The molecule has 0 radical (unpaired) electrons. The molecule has 70 valence electrons. The van der Waals surface area contributed by atoms with E-state index < -0.39 is 0 Å². The van der Waals surface area contributed by atoms with E-state index in [2.05, 4.69) is 10.1 Å². The molecule has 0 aliphatic carbocycles. The Labute approximate surface area is 80.6 Å². The first-order valence-corrected chi connectivity index (χ1v) is 4.25. The molecular formula is C8H9ClN2O2. The van der Waals surface area contributed by atoms with Gasteiger partial charge in [-0.15, -0.1) is 4.99 Å². The first-order valence-electron chi connectivity index (χ1n) is 3.87. The van der Waals surface area contributed by atoms with Crippen LogP contribution in [-0.4, -0.2) is 11.2 Å². The van der Waals surface area contributed by atoms with Crippen LogP contribution in [-0.2, 0) is 11.2 Å². The smallest absolute Gasteiger partial charge is 0.280 e. The summed E-state index contributed by atoms with van der Waals surface area (Å²) in [5.74, 6) is 0.461. The summed E-state index contributed by atoms with van der Waals surface area (Å²) < 4.78 is 4.73. The molecule has 0 atom stereocenters. The van der Waals surface area contributed by atoms with Gasteiger partial charge in [0.25, 0.3) is 5.88 Å². The summed E-state index contributed by atoms with van der Waals surface area (Å²) in [5.41, 5.74) is 0.630. The Morgan fingerprint density at radius 1 is 1.69 bits per heavy atom. The Kier molecular flexibility index (Phi) is 3.23. The summed E-state index contributed by atoms with van der Waals surface area (Å²) in [6.45, 7) is 4.07. The van der Waals surface area contributed by atoms with Crippen LogP contribution in [0.1, 0.15) is 19.5 Å². The lowest BCUT2D eigenvalue weighted by Gasteiger charge is -1.98. The largest absolute Gasteiger partial charge is 0.334 e. The zero-order chi connectivity index (χ0) is 9.84. The molecule has 0 aliphatic rings. The highest BCUT2D eigenvalue weighted by Crippen LogP contribution is 2.29. The Bertz CT molecular complexity index is 340.